The number of amides is 1. The van der Waals surface area contributed by atoms with E-state index >= 15 is 0 Å². The zero-order chi connectivity index (χ0) is 18.4. The van der Waals surface area contributed by atoms with Crippen LogP contribution in [0.3, 0.4) is 0 Å². The number of carbonyl (C=O) groups is 1. The molecule has 3 N–H and O–H groups in total. The Morgan fingerprint density at radius 2 is 1.96 bits per heavy atom. The third-order valence-corrected chi connectivity index (χ3v) is 3.65. The van der Waals surface area contributed by atoms with Gasteiger partial charge in [0.15, 0.2) is 5.69 Å². The summed E-state index contributed by atoms with van der Waals surface area (Å²) < 4.78 is 7.34. The van der Waals surface area contributed by atoms with E-state index in [4.69, 9.17) is 10.5 Å². The number of hydrogen-bond acceptors (Lipinski definition) is 5. The third kappa shape index (κ3) is 5.03. The summed E-state index contributed by atoms with van der Waals surface area (Å²) in [5.41, 5.74) is 7.67. The van der Waals surface area contributed by atoms with E-state index in [2.05, 4.69) is 15.6 Å². The number of carbonyl (C=O) groups excluding carboxylic acids is 1. The van der Waals surface area contributed by atoms with Gasteiger partial charge in [-0.15, -0.1) is 5.10 Å². The molecule has 0 saturated carbocycles. The SMILES string of the molecule is CCc1c(C(=O)NCCC(C)N)nnn1-c1ccc(OC(C)C)cc1. The molecule has 1 atom stereocenters. The summed E-state index contributed by atoms with van der Waals surface area (Å²) in [4.78, 5) is 12.3. The monoisotopic (exact) mass is 345 g/mol. The fourth-order valence-corrected chi connectivity index (χ4v) is 2.44. The van der Waals surface area contributed by atoms with Crippen LogP contribution in [-0.2, 0) is 6.42 Å². The molecular formula is C18H27N5O2. The molecule has 0 aliphatic heterocycles. The van der Waals surface area contributed by atoms with Gasteiger partial charge >= 0.3 is 0 Å². The fourth-order valence-electron chi connectivity index (χ4n) is 2.44. The average Bonchev–Trinajstić information content (AvgIpc) is 2.98. The lowest BCUT2D eigenvalue weighted by molar-refractivity contribution is 0.0946. The molecule has 1 unspecified atom stereocenters. The summed E-state index contributed by atoms with van der Waals surface area (Å²) in [6, 6.07) is 7.64. The Morgan fingerprint density at radius 1 is 1.28 bits per heavy atom. The van der Waals surface area contributed by atoms with E-state index in [1.54, 1.807) is 4.68 Å². The van der Waals surface area contributed by atoms with Crippen LogP contribution in [0.15, 0.2) is 24.3 Å². The topological polar surface area (TPSA) is 95.1 Å². The van der Waals surface area contributed by atoms with E-state index in [1.807, 2.05) is 52.0 Å². The van der Waals surface area contributed by atoms with Gasteiger partial charge in [-0.1, -0.05) is 12.1 Å². The van der Waals surface area contributed by atoms with E-state index in [0.29, 0.717) is 18.7 Å². The van der Waals surface area contributed by atoms with Crippen molar-refractivity contribution < 1.29 is 9.53 Å². The van der Waals surface area contributed by atoms with Crippen LogP contribution in [0.2, 0.25) is 0 Å². The average molecular weight is 345 g/mol. The molecule has 25 heavy (non-hydrogen) atoms. The maximum atomic E-state index is 12.3. The van der Waals surface area contributed by atoms with Gasteiger partial charge < -0.3 is 15.8 Å². The molecule has 0 fully saturated rings. The Bertz CT molecular complexity index is 692. The largest absolute Gasteiger partial charge is 0.491 e. The van der Waals surface area contributed by atoms with Crippen molar-refractivity contribution in [3.05, 3.63) is 35.7 Å². The first-order chi connectivity index (χ1) is 11.9. The van der Waals surface area contributed by atoms with Gasteiger partial charge in [-0.3, -0.25) is 4.79 Å². The molecule has 1 amide bonds. The maximum Gasteiger partial charge on any atom is 0.273 e. The molecule has 7 heteroatoms. The fraction of sp³-hybridized carbons (Fsp3) is 0.500. The first kappa shape index (κ1) is 18.9. The number of rotatable bonds is 8. The van der Waals surface area contributed by atoms with Crippen molar-refractivity contribution in [2.24, 2.45) is 5.73 Å². The number of benzene rings is 1. The van der Waals surface area contributed by atoms with Gasteiger partial charge in [-0.25, -0.2) is 4.68 Å². The van der Waals surface area contributed by atoms with E-state index in [1.165, 1.54) is 0 Å². The standard InChI is InChI=1S/C18H27N5O2/c1-5-16-17(18(24)20-11-10-13(4)19)21-22-23(16)14-6-8-15(9-7-14)25-12(2)3/h6-9,12-13H,5,10-11,19H2,1-4H3,(H,20,24). The zero-order valence-corrected chi connectivity index (χ0v) is 15.3. The lowest BCUT2D eigenvalue weighted by Crippen LogP contribution is -2.29. The predicted molar refractivity (Wildman–Crippen MR) is 97.1 cm³/mol. The Kier molecular flexibility index (Phi) is 6.52. The van der Waals surface area contributed by atoms with Gasteiger partial charge in [0.1, 0.15) is 5.75 Å². The Balaban J connectivity index is 2.17. The third-order valence-electron chi connectivity index (χ3n) is 3.65. The van der Waals surface area contributed by atoms with Gasteiger partial charge in [0.05, 0.1) is 17.5 Å². The van der Waals surface area contributed by atoms with Gasteiger partial charge in [0.2, 0.25) is 0 Å². The van der Waals surface area contributed by atoms with Crippen LogP contribution in [-0.4, -0.2) is 39.6 Å². The van der Waals surface area contributed by atoms with Crippen molar-refractivity contribution in [2.45, 2.75) is 52.7 Å². The molecule has 0 aliphatic carbocycles. The van der Waals surface area contributed by atoms with Crippen LogP contribution >= 0.6 is 0 Å². The second-order valence-electron chi connectivity index (χ2n) is 6.33. The quantitative estimate of drug-likeness (QED) is 0.764. The molecule has 1 heterocycles. The second-order valence-corrected chi connectivity index (χ2v) is 6.33. The first-order valence-corrected chi connectivity index (χ1v) is 8.67. The van der Waals surface area contributed by atoms with Gasteiger partial charge in [0.25, 0.3) is 5.91 Å². The lowest BCUT2D eigenvalue weighted by atomic mass is 10.2. The highest BCUT2D eigenvalue weighted by Gasteiger charge is 2.19. The van der Waals surface area contributed by atoms with Gasteiger partial charge in [0, 0.05) is 12.6 Å². The van der Waals surface area contributed by atoms with E-state index in [-0.39, 0.29) is 18.1 Å². The Morgan fingerprint density at radius 3 is 2.52 bits per heavy atom. The molecule has 136 valence electrons. The maximum absolute atomic E-state index is 12.3. The molecular weight excluding hydrogens is 318 g/mol. The molecule has 2 aromatic rings. The van der Waals surface area contributed by atoms with Crippen molar-refractivity contribution in [3.8, 4) is 11.4 Å². The molecule has 0 radical (unpaired) electrons. The van der Waals surface area contributed by atoms with Crippen molar-refractivity contribution in [1.82, 2.24) is 20.3 Å². The number of ether oxygens (including phenoxy) is 1. The van der Waals surface area contributed by atoms with Gasteiger partial charge in [-0.05, 0) is 57.9 Å². The highest BCUT2D eigenvalue weighted by atomic mass is 16.5. The number of nitrogens with one attached hydrogen (secondary N) is 1. The number of nitrogens with two attached hydrogens (primary N) is 1. The van der Waals surface area contributed by atoms with Crippen LogP contribution < -0.4 is 15.8 Å². The first-order valence-electron chi connectivity index (χ1n) is 8.67. The van der Waals surface area contributed by atoms with Crippen molar-refractivity contribution in [1.29, 1.82) is 0 Å². The summed E-state index contributed by atoms with van der Waals surface area (Å²) in [6.07, 6.45) is 1.49. The molecule has 1 aromatic carbocycles. The normalized spacial score (nSPS) is 12.2. The molecule has 0 bridgehead atoms. The van der Waals surface area contributed by atoms with Gasteiger partial charge in [-0.2, -0.15) is 0 Å². The van der Waals surface area contributed by atoms with Crippen molar-refractivity contribution in [2.75, 3.05) is 6.54 Å². The minimum Gasteiger partial charge on any atom is -0.491 e. The Hall–Kier alpha value is -2.41. The highest BCUT2D eigenvalue weighted by Crippen LogP contribution is 2.18. The minimum absolute atomic E-state index is 0.0493. The lowest BCUT2D eigenvalue weighted by Gasteiger charge is -2.11. The van der Waals surface area contributed by atoms with Crippen LogP contribution in [0.5, 0.6) is 5.75 Å². The summed E-state index contributed by atoms with van der Waals surface area (Å²) >= 11 is 0. The second kappa shape index (κ2) is 8.62. The molecule has 1 aromatic heterocycles. The van der Waals surface area contributed by atoms with Crippen LogP contribution in [0.1, 0.15) is 50.3 Å². The minimum atomic E-state index is -0.219. The number of hydrogen-bond donors (Lipinski definition) is 2. The highest BCUT2D eigenvalue weighted by molar-refractivity contribution is 5.93. The summed E-state index contributed by atoms with van der Waals surface area (Å²) in [5.74, 6) is 0.578. The number of aromatic nitrogens is 3. The van der Waals surface area contributed by atoms with Crippen LogP contribution in [0.4, 0.5) is 0 Å². The van der Waals surface area contributed by atoms with Crippen molar-refractivity contribution in [3.63, 3.8) is 0 Å². The molecule has 0 spiro atoms. The summed E-state index contributed by atoms with van der Waals surface area (Å²) in [6.45, 7) is 8.37. The predicted octanol–water partition coefficient (Wildman–Crippen LogP) is 2.08. The molecule has 7 nitrogen and oxygen atoms in total. The van der Waals surface area contributed by atoms with E-state index in [0.717, 1.165) is 23.6 Å². The number of nitrogens with zero attached hydrogens (tertiary/aromatic N) is 3. The molecule has 0 saturated heterocycles. The van der Waals surface area contributed by atoms with Crippen LogP contribution in [0.25, 0.3) is 5.69 Å². The summed E-state index contributed by atoms with van der Waals surface area (Å²) in [7, 11) is 0. The Labute approximate surface area is 148 Å². The van der Waals surface area contributed by atoms with E-state index < -0.39 is 0 Å². The molecule has 0 aliphatic rings. The smallest absolute Gasteiger partial charge is 0.273 e. The zero-order valence-electron chi connectivity index (χ0n) is 15.3. The van der Waals surface area contributed by atoms with Crippen molar-refractivity contribution >= 4 is 5.91 Å². The van der Waals surface area contributed by atoms with E-state index in [9.17, 15) is 4.79 Å². The van der Waals surface area contributed by atoms with Crippen LogP contribution in [0, 0.1) is 0 Å². The summed E-state index contributed by atoms with van der Waals surface area (Å²) in [5, 5.41) is 11.1. The molecule has 2 rings (SSSR count).